The van der Waals surface area contributed by atoms with Crippen molar-refractivity contribution in [3.8, 4) is 0 Å². The number of nitrogens with one attached hydrogen (secondary N) is 2. The number of pyridine rings is 2. The molecule has 3 aromatic rings. The number of benzene rings is 1. The average Bonchev–Trinajstić information content (AvgIpc) is 2.78. The largest absolute Gasteiger partial charge is 0.347 e. The van der Waals surface area contributed by atoms with E-state index in [1.807, 2.05) is 30.3 Å². The summed E-state index contributed by atoms with van der Waals surface area (Å²) in [6.07, 6.45) is 4.97. The molecule has 0 atom stereocenters. The van der Waals surface area contributed by atoms with Crippen LogP contribution in [0.3, 0.4) is 0 Å². The van der Waals surface area contributed by atoms with Crippen LogP contribution in [0.1, 0.15) is 51.5 Å². The van der Waals surface area contributed by atoms with Crippen molar-refractivity contribution in [1.29, 1.82) is 0 Å². The first-order chi connectivity index (χ1) is 14.1. The van der Waals surface area contributed by atoms with Crippen molar-refractivity contribution in [2.24, 2.45) is 0 Å². The van der Waals surface area contributed by atoms with Gasteiger partial charge in [-0.3, -0.25) is 14.6 Å². The molecule has 0 aliphatic heterocycles. The van der Waals surface area contributed by atoms with Crippen LogP contribution in [-0.2, 0) is 19.4 Å². The van der Waals surface area contributed by atoms with Crippen molar-refractivity contribution in [3.63, 3.8) is 0 Å². The minimum atomic E-state index is -0.334. The number of carbonyl (C=O) groups excluding carboxylic acids is 2. The molecule has 6 nitrogen and oxygen atoms in total. The summed E-state index contributed by atoms with van der Waals surface area (Å²) in [6, 6.07) is 14.5. The molecule has 0 saturated heterocycles. The van der Waals surface area contributed by atoms with Crippen LogP contribution in [0.15, 0.2) is 60.9 Å². The summed E-state index contributed by atoms with van der Waals surface area (Å²) >= 11 is 0. The smallest absolute Gasteiger partial charge is 0.274 e. The fourth-order valence-corrected chi connectivity index (χ4v) is 3.04. The lowest BCUT2D eigenvalue weighted by molar-refractivity contribution is 0.0945. The van der Waals surface area contributed by atoms with Crippen molar-refractivity contribution in [2.45, 2.75) is 33.2 Å². The molecule has 2 amide bonds. The van der Waals surface area contributed by atoms with Crippen LogP contribution in [0.2, 0.25) is 0 Å². The van der Waals surface area contributed by atoms with Gasteiger partial charge in [0.15, 0.2) is 0 Å². The fraction of sp³-hybridized carbons (Fsp3) is 0.217. The van der Waals surface area contributed by atoms with Gasteiger partial charge in [-0.2, -0.15) is 0 Å². The number of anilines is 1. The van der Waals surface area contributed by atoms with Crippen molar-refractivity contribution in [1.82, 2.24) is 15.3 Å². The topological polar surface area (TPSA) is 84.0 Å². The molecule has 0 aliphatic carbocycles. The van der Waals surface area contributed by atoms with Gasteiger partial charge in [-0.25, -0.2) is 4.98 Å². The molecule has 29 heavy (non-hydrogen) atoms. The van der Waals surface area contributed by atoms with Crippen LogP contribution in [-0.4, -0.2) is 21.8 Å². The first-order valence-corrected chi connectivity index (χ1v) is 9.68. The first-order valence-electron chi connectivity index (χ1n) is 9.68. The Bertz CT molecular complexity index is 981. The standard InChI is InChI=1S/C23H24N4O2/c1-3-17-7-5-8-18(4-2)21(17)27-23(29)20-10-6-9-19(26-20)22(28)25-15-16-11-13-24-14-12-16/h5-14H,3-4,15H2,1-2H3,(H,25,28)(H,27,29). The molecule has 2 N–H and O–H groups in total. The number of hydrogen-bond acceptors (Lipinski definition) is 4. The molecular weight excluding hydrogens is 364 g/mol. The fourth-order valence-electron chi connectivity index (χ4n) is 3.04. The van der Waals surface area contributed by atoms with E-state index in [-0.39, 0.29) is 23.2 Å². The average molecular weight is 388 g/mol. The molecule has 0 spiro atoms. The Labute approximate surface area is 170 Å². The van der Waals surface area contributed by atoms with E-state index in [1.165, 1.54) is 0 Å². The SMILES string of the molecule is CCc1cccc(CC)c1NC(=O)c1cccc(C(=O)NCc2ccncc2)n1. The Morgan fingerprint density at radius 3 is 2.03 bits per heavy atom. The van der Waals surface area contributed by atoms with Crippen LogP contribution in [0, 0.1) is 0 Å². The molecule has 1 aromatic carbocycles. The van der Waals surface area contributed by atoms with Crippen molar-refractivity contribution in [3.05, 3.63) is 89.0 Å². The van der Waals surface area contributed by atoms with Crippen LogP contribution in [0.25, 0.3) is 0 Å². The van der Waals surface area contributed by atoms with Crippen LogP contribution in [0.5, 0.6) is 0 Å². The number of aryl methyl sites for hydroxylation is 2. The zero-order chi connectivity index (χ0) is 20.6. The number of rotatable bonds is 7. The molecule has 0 bridgehead atoms. The van der Waals surface area contributed by atoms with E-state index in [9.17, 15) is 9.59 Å². The van der Waals surface area contributed by atoms with Gasteiger partial charge in [0.1, 0.15) is 11.4 Å². The lowest BCUT2D eigenvalue weighted by atomic mass is 10.0. The van der Waals surface area contributed by atoms with Crippen LogP contribution < -0.4 is 10.6 Å². The van der Waals surface area contributed by atoms with Gasteiger partial charge in [-0.15, -0.1) is 0 Å². The zero-order valence-electron chi connectivity index (χ0n) is 16.6. The molecule has 2 aromatic heterocycles. The van der Waals surface area contributed by atoms with Crippen molar-refractivity contribution in [2.75, 3.05) is 5.32 Å². The summed E-state index contributed by atoms with van der Waals surface area (Å²) < 4.78 is 0. The lowest BCUT2D eigenvalue weighted by Gasteiger charge is -2.14. The highest BCUT2D eigenvalue weighted by Crippen LogP contribution is 2.23. The Kier molecular flexibility index (Phi) is 6.68. The van der Waals surface area contributed by atoms with E-state index in [4.69, 9.17) is 0 Å². The second-order valence-corrected chi connectivity index (χ2v) is 6.56. The van der Waals surface area contributed by atoms with E-state index >= 15 is 0 Å². The monoisotopic (exact) mass is 388 g/mol. The Morgan fingerprint density at radius 2 is 1.41 bits per heavy atom. The third-order valence-corrected chi connectivity index (χ3v) is 4.65. The maximum absolute atomic E-state index is 12.8. The van der Waals surface area contributed by atoms with Gasteiger partial charge in [0.2, 0.25) is 0 Å². The Balaban J connectivity index is 1.74. The number of nitrogens with zero attached hydrogens (tertiary/aromatic N) is 2. The quantitative estimate of drug-likeness (QED) is 0.645. The molecule has 2 heterocycles. The van der Waals surface area contributed by atoms with E-state index in [1.54, 1.807) is 30.6 Å². The summed E-state index contributed by atoms with van der Waals surface area (Å²) in [5, 5.41) is 5.79. The number of carbonyl (C=O) groups is 2. The Hall–Kier alpha value is -3.54. The van der Waals surface area contributed by atoms with Gasteiger partial charge >= 0.3 is 0 Å². The van der Waals surface area contributed by atoms with Gasteiger partial charge in [0.05, 0.1) is 0 Å². The molecule has 0 saturated carbocycles. The van der Waals surface area contributed by atoms with Crippen molar-refractivity contribution >= 4 is 17.5 Å². The summed E-state index contributed by atoms with van der Waals surface area (Å²) in [7, 11) is 0. The van der Waals surface area contributed by atoms with E-state index in [2.05, 4.69) is 34.4 Å². The second kappa shape index (κ2) is 9.59. The van der Waals surface area contributed by atoms with Gasteiger partial charge in [-0.05, 0) is 53.8 Å². The third-order valence-electron chi connectivity index (χ3n) is 4.65. The predicted molar refractivity (Wildman–Crippen MR) is 113 cm³/mol. The van der Waals surface area contributed by atoms with Crippen LogP contribution >= 0.6 is 0 Å². The minimum absolute atomic E-state index is 0.200. The molecule has 6 heteroatoms. The molecule has 148 valence electrons. The van der Waals surface area contributed by atoms with Gasteiger partial charge in [0.25, 0.3) is 11.8 Å². The van der Waals surface area contributed by atoms with Gasteiger partial charge in [-0.1, -0.05) is 38.1 Å². The molecule has 0 radical (unpaired) electrons. The number of para-hydroxylation sites is 1. The van der Waals surface area contributed by atoms with E-state index in [0.29, 0.717) is 6.54 Å². The molecule has 0 unspecified atom stereocenters. The molecule has 0 fully saturated rings. The molecule has 3 rings (SSSR count). The maximum atomic E-state index is 12.8. The van der Waals surface area contributed by atoms with E-state index < -0.39 is 0 Å². The van der Waals surface area contributed by atoms with E-state index in [0.717, 1.165) is 35.2 Å². The molecular formula is C23H24N4O2. The maximum Gasteiger partial charge on any atom is 0.274 e. The summed E-state index contributed by atoms with van der Waals surface area (Å²) in [4.78, 5) is 33.4. The zero-order valence-corrected chi connectivity index (χ0v) is 16.6. The van der Waals surface area contributed by atoms with Crippen LogP contribution in [0.4, 0.5) is 5.69 Å². The summed E-state index contributed by atoms with van der Waals surface area (Å²) in [5.41, 5.74) is 4.32. The highest BCUT2D eigenvalue weighted by molar-refractivity contribution is 6.04. The predicted octanol–water partition coefficient (Wildman–Crippen LogP) is 3.78. The third kappa shape index (κ3) is 5.04. The van der Waals surface area contributed by atoms with Gasteiger partial charge in [0, 0.05) is 24.6 Å². The minimum Gasteiger partial charge on any atom is -0.347 e. The lowest BCUT2D eigenvalue weighted by Crippen LogP contribution is -2.25. The highest BCUT2D eigenvalue weighted by atomic mass is 16.2. The normalized spacial score (nSPS) is 10.4. The molecule has 0 aliphatic rings. The number of hydrogen-bond donors (Lipinski definition) is 2. The number of amides is 2. The summed E-state index contributed by atoms with van der Waals surface area (Å²) in [6.45, 7) is 4.47. The van der Waals surface area contributed by atoms with Gasteiger partial charge < -0.3 is 10.6 Å². The summed E-state index contributed by atoms with van der Waals surface area (Å²) in [5.74, 6) is -0.663. The highest BCUT2D eigenvalue weighted by Gasteiger charge is 2.15. The first kappa shape index (κ1) is 20.2. The Morgan fingerprint density at radius 1 is 0.828 bits per heavy atom. The second-order valence-electron chi connectivity index (χ2n) is 6.56. The number of aromatic nitrogens is 2. The van der Waals surface area contributed by atoms with Crippen molar-refractivity contribution < 1.29 is 9.59 Å².